The Morgan fingerprint density at radius 3 is 2.57 bits per heavy atom. The first kappa shape index (κ1) is 15.4. The van der Waals surface area contributed by atoms with E-state index in [1.165, 1.54) is 12.1 Å². The Labute approximate surface area is 138 Å². The van der Waals surface area contributed by atoms with E-state index in [2.05, 4.69) is 10.1 Å². The summed E-state index contributed by atoms with van der Waals surface area (Å²) in [5.74, 6) is -0.508. The van der Waals surface area contributed by atoms with Gasteiger partial charge in [-0.2, -0.15) is 10.4 Å². The molecule has 1 aromatic carbocycles. The number of nitrogens with zero attached hydrogens (tertiary/aromatic N) is 4. The predicted molar refractivity (Wildman–Crippen MR) is 87.2 cm³/mol. The minimum atomic E-state index is -0.508. The first-order valence-electron chi connectivity index (χ1n) is 7.07. The molecule has 6 heteroatoms. The molecule has 2 heterocycles. The largest absolute Gasteiger partial charge is 0.233 e. The number of nitriles is 1. The molecule has 3 rings (SSSR count). The summed E-state index contributed by atoms with van der Waals surface area (Å²) in [5, 5.41) is 13.8. The third-order valence-electron chi connectivity index (χ3n) is 3.50. The quantitative estimate of drug-likeness (QED) is 0.666. The van der Waals surface area contributed by atoms with Crippen LogP contribution in [0, 0.1) is 17.1 Å². The van der Waals surface area contributed by atoms with Crippen LogP contribution in [0.1, 0.15) is 32.2 Å². The lowest BCUT2D eigenvalue weighted by atomic mass is 9.91. The summed E-state index contributed by atoms with van der Waals surface area (Å²) in [6.45, 7) is 6.05. The monoisotopic (exact) mass is 328 g/mol. The highest BCUT2D eigenvalue weighted by atomic mass is 35.5. The normalized spacial score (nSPS) is 11.7. The maximum atomic E-state index is 13.8. The molecule has 4 nitrogen and oxygen atoms in total. The molecular weight excluding hydrogens is 315 g/mol. The average Bonchev–Trinajstić information content (AvgIpc) is 2.88. The van der Waals surface area contributed by atoms with Crippen molar-refractivity contribution < 1.29 is 4.39 Å². The number of hydrogen-bond donors (Lipinski definition) is 0. The number of aromatic nitrogens is 3. The molecule has 0 N–H and O–H groups in total. The van der Waals surface area contributed by atoms with Crippen LogP contribution in [0.15, 0.2) is 30.3 Å². The van der Waals surface area contributed by atoms with Gasteiger partial charge in [-0.3, -0.25) is 0 Å². The molecule has 23 heavy (non-hydrogen) atoms. The molecule has 0 aliphatic carbocycles. The van der Waals surface area contributed by atoms with Crippen LogP contribution in [-0.4, -0.2) is 14.8 Å². The zero-order chi connectivity index (χ0) is 16.8. The van der Waals surface area contributed by atoms with Gasteiger partial charge in [0.05, 0.1) is 21.9 Å². The van der Waals surface area contributed by atoms with E-state index in [1.54, 1.807) is 22.9 Å². The Balaban J connectivity index is 2.34. The number of rotatable bonds is 1. The van der Waals surface area contributed by atoms with Gasteiger partial charge in [-0.25, -0.2) is 14.1 Å². The second-order valence-electron chi connectivity index (χ2n) is 6.28. The Morgan fingerprint density at radius 2 is 1.96 bits per heavy atom. The van der Waals surface area contributed by atoms with Gasteiger partial charge >= 0.3 is 0 Å². The lowest BCUT2D eigenvalue weighted by molar-refractivity contribution is 0.563. The van der Waals surface area contributed by atoms with E-state index in [9.17, 15) is 4.39 Å². The number of pyridine rings is 1. The number of halogens is 2. The maximum absolute atomic E-state index is 13.8. The van der Waals surface area contributed by atoms with E-state index in [0.717, 1.165) is 11.2 Å². The highest BCUT2D eigenvalue weighted by Gasteiger charge is 2.24. The van der Waals surface area contributed by atoms with Gasteiger partial charge in [-0.05, 0) is 24.3 Å². The van der Waals surface area contributed by atoms with Crippen LogP contribution in [0.2, 0.25) is 5.02 Å². The van der Waals surface area contributed by atoms with Crippen molar-refractivity contribution in [2.24, 2.45) is 0 Å². The highest BCUT2D eigenvalue weighted by Crippen LogP contribution is 2.30. The molecule has 0 bridgehead atoms. The molecule has 0 radical (unpaired) electrons. The van der Waals surface area contributed by atoms with Crippen molar-refractivity contribution in [3.05, 3.63) is 52.6 Å². The fourth-order valence-electron chi connectivity index (χ4n) is 2.38. The zero-order valence-corrected chi connectivity index (χ0v) is 13.7. The minimum absolute atomic E-state index is 0.0612. The molecule has 0 aliphatic rings. The van der Waals surface area contributed by atoms with Crippen molar-refractivity contribution in [1.29, 1.82) is 5.26 Å². The van der Waals surface area contributed by atoms with E-state index in [1.807, 2.05) is 26.8 Å². The molecule has 0 amide bonds. The standard InChI is InChI=1S/C17H14ClFN4/c1-17(2,3)16-15-14(7-4-10(9-20)21-15)23(22-16)11-5-6-12(18)13(19)8-11/h4-8H,1-3H3. The van der Waals surface area contributed by atoms with Gasteiger partial charge in [0.15, 0.2) is 0 Å². The Kier molecular flexibility index (Phi) is 3.57. The summed E-state index contributed by atoms with van der Waals surface area (Å²) in [5.41, 5.74) is 2.72. The van der Waals surface area contributed by atoms with Crippen LogP contribution >= 0.6 is 11.6 Å². The molecule has 0 aliphatic heterocycles. The van der Waals surface area contributed by atoms with E-state index >= 15 is 0 Å². The summed E-state index contributed by atoms with van der Waals surface area (Å²) in [7, 11) is 0. The fourth-order valence-corrected chi connectivity index (χ4v) is 2.50. The summed E-state index contributed by atoms with van der Waals surface area (Å²) in [6, 6.07) is 9.96. The smallest absolute Gasteiger partial charge is 0.143 e. The zero-order valence-electron chi connectivity index (χ0n) is 12.9. The number of benzene rings is 1. The Morgan fingerprint density at radius 1 is 1.22 bits per heavy atom. The maximum Gasteiger partial charge on any atom is 0.143 e. The van der Waals surface area contributed by atoms with Crippen LogP contribution < -0.4 is 0 Å². The first-order chi connectivity index (χ1) is 10.8. The summed E-state index contributed by atoms with van der Waals surface area (Å²) >= 11 is 5.75. The van der Waals surface area contributed by atoms with Gasteiger partial charge in [0.25, 0.3) is 0 Å². The molecule has 0 spiro atoms. The Bertz CT molecular complexity index is 948. The second kappa shape index (κ2) is 5.32. The van der Waals surface area contributed by atoms with E-state index < -0.39 is 5.82 Å². The van der Waals surface area contributed by atoms with Gasteiger partial charge in [0, 0.05) is 11.5 Å². The first-order valence-corrected chi connectivity index (χ1v) is 7.45. The van der Waals surface area contributed by atoms with Crippen molar-refractivity contribution in [2.75, 3.05) is 0 Å². The van der Waals surface area contributed by atoms with Crippen molar-refractivity contribution in [2.45, 2.75) is 26.2 Å². The third kappa shape index (κ3) is 2.66. The van der Waals surface area contributed by atoms with Crippen molar-refractivity contribution in [3.8, 4) is 11.8 Å². The fraction of sp³-hybridized carbons (Fsp3) is 0.235. The van der Waals surface area contributed by atoms with Crippen molar-refractivity contribution in [1.82, 2.24) is 14.8 Å². The average molecular weight is 329 g/mol. The summed E-state index contributed by atoms with van der Waals surface area (Å²) < 4.78 is 15.4. The van der Waals surface area contributed by atoms with Gasteiger partial charge < -0.3 is 0 Å². The lowest BCUT2D eigenvalue weighted by Crippen LogP contribution is -2.13. The van der Waals surface area contributed by atoms with Gasteiger partial charge in [-0.1, -0.05) is 32.4 Å². The number of fused-ring (bicyclic) bond motifs is 1. The predicted octanol–water partition coefficient (Wildman–Crippen LogP) is 4.38. The van der Waals surface area contributed by atoms with Gasteiger partial charge in [0.2, 0.25) is 0 Å². The topological polar surface area (TPSA) is 54.5 Å². The van der Waals surface area contributed by atoms with Crippen LogP contribution in [0.5, 0.6) is 0 Å². The van der Waals surface area contributed by atoms with Crippen molar-refractivity contribution >= 4 is 22.6 Å². The van der Waals surface area contributed by atoms with E-state index in [0.29, 0.717) is 16.9 Å². The van der Waals surface area contributed by atoms with E-state index in [4.69, 9.17) is 16.9 Å². The number of hydrogen-bond acceptors (Lipinski definition) is 3. The van der Waals surface area contributed by atoms with Crippen molar-refractivity contribution in [3.63, 3.8) is 0 Å². The molecule has 3 aromatic rings. The molecular formula is C17H14ClFN4. The molecule has 2 aromatic heterocycles. The van der Waals surface area contributed by atoms with Crippen LogP contribution in [-0.2, 0) is 5.41 Å². The molecule has 0 unspecified atom stereocenters. The SMILES string of the molecule is CC(C)(C)c1nn(-c2ccc(Cl)c(F)c2)c2ccc(C#N)nc12. The van der Waals surface area contributed by atoms with Crippen LogP contribution in [0.4, 0.5) is 4.39 Å². The van der Waals surface area contributed by atoms with Crippen LogP contribution in [0.25, 0.3) is 16.7 Å². The molecule has 0 saturated heterocycles. The second-order valence-corrected chi connectivity index (χ2v) is 6.69. The van der Waals surface area contributed by atoms with Crippen LogP contribution in [0.3, 0.4) is 0 Å². The summed E-state index contributed by atoms with van der Waals surface area (Å²) in [6.07, 6.45) is 0. The highest BCUT2D eigenvalue weighted by molar-refractivity contribution is 6.30. The van der Waals surface area contributed by atoms with Gasteiger partial charge in [0.1, 0.15) is 23.1 Å². The molecule has 116 valence electrons. The van der Waals surface area contributed by atoms with Gasteiger partial charge in [-0.15, -0.1) is 0 Å². The minimum Gasteiger partial charge on any atom is -0.233 e. The lowest BCUT2D eigenvalue weighted by Gasteiger charge is -2.14. The molecule has 0 atom stereocenters. The Hall–Kier alpha value is -2.45. The molecule has 0 fully saturated rings. The summed E-state index contributed by atoms with van der Waals surface area (Å²) in [4.78, 5) is 4.38. The molecule has 0 saturated carbocycles. The van der Waals surface area contributed by atoms with E-state index in [-0.39, 0.29) is 10.4 Å². The third-order valence-corrected chi connectivity index (χ3v) is 3.81.